The SMILES string of the molecule is CCOC(=O)c1c(NC(=O)CCC2CCCCC2)sc(C(=O)OCc2ccccc2)c1C. The lowest BCUT2D eigenvalue weighted by Crippen LogP contribution is -2.16. The monoisotopic (exact) mass is 457 g/mol. The Morgan fingerprint density at radius 2 is 1.75 bits per heavy atom. The molecular weight excluding hydrogens is 426 g/mol. The van der Waals surface area contributed by atoms with Gasteiger partial charge in [-0.3, -0.25) is 4.79 Å². The van der Waals surface area contributed by atoms with Crippen LogP contribution in [0.2, 0.25) is 0 Å². The highest BCUT2D eigenvalue weighted by atomic mass is 32.1. The van der Waals surface area contributed by atoms with Gasteiger partial charge in [-0.2, -0.15) is 0 Å². The number of thiophene rings is 1. The Labute approximate surface area is 193 Å². The van der Waals surface area contributed by atoms with Crippen LogP contribution in [0.1, 0.15) is 83.0 Å². The van der Waals surface area contributed by atoms with E-state index in [4.69, 9.17) is 9.47 Å². The van der Waals surface area contributed by atoms with Gasteiger partial charge in [0.25, 0.3) is 0 Å². The van der Waals surface area contributed by atoms with Crippen molar-refractivity contribution in [1.29, 1.82) is 0 Å². The number of esters is 2. The predicted molar refractivity (Wildman–Crippen MR) is 125 cm³/mol. The van der Waals surface area contributed by atoms with Crippen LogP contribution in [0.3, 0.4) is 0 Å². The fourth-order valence-corrected chi connectivity index (χ4v) is 5.14. The zero-order chi connectivity index (χ0) is 22.9. The van der Waals surface area contributed by atoms with Crippen LogP contribution in [-0.4, -0.2) is 24.5 Å². The van der Waals surface area contributed by atoms with Gasteiger partial charge in [-0.05, 0) is 37.3 Å². The van der Waals surface area contributed by atoms with Crippen molar-refractivity contribution in [2.24, 2.45) is 5.92 Å². The Bertz CT molecular complexity index is 931. The van der Waals surface area contributed by atoms with Crippen LogP contribution in [0, 0.1) is 12.8 Å². The Balaban J connectivity index is 1.71. The van der Waals surface area contributed by atoms with Gasteiger partial charge in [0.2, 0.25) is 5.91 Å². The fraction of sp³-hybridized carbons (Fsp3) is 0.480. The minimum absolute atomic E-state index is 0.134. The summed E-state index contributed by atoms with van der Waals surface area (Å²) in [5, 5.41) is 3.20. The minimum atomic E-state index is -0.550. The third kappa shape index (κ3) is 6.42. The summed E-state index contributed by atoms with van der Waals surface area (Å²) in [6.45, 7) is 3.74. The van der Waals surface area contributed by atoms with E-state index < -0.39 is 11.9 Å². The van der Waals surface area contributed by atoms with Crippen molar-refractivity contribution >= 4 is 34.2 Å². The Kier molecular flexibility index (Phi) is 8.85. The molecule has 0 radical (unpaired) electrons. The van der Waals surface area contributed by atoms with E-state index in [2.05, 4.69) is 5.32 Å². The summed E-state index contributed by atoms with van der Waals surface area (Å²) in [4.78, 5) is 38.2. The van der Waals surface area contributed by atoms with Gasteiger partial charge in [0, 0.05) is 6.42 Å². The van der Waals surface area contributed by atoms with E-state index in [-0.39, 0.29) is 24.7 Å². The number of carbonyl (C=O) groups excluding carboxylic acids is 3. The van der Waals surface area contributed by atoms with Crippen molar-refractivity contribution in [3.63, 3.8) is 0 Å². The number of hydrogen-bond donors (Lipinski definition) is 1. The number of hydrogen-bond acceptors (Lipinski definition) is 6. The first-order chi connectivity index (χ1) is 15.5. The number of benzene rings is 1. The molecule has 1 aliphatic carbocycles. The molecule has 7 heteroatoms. The normalized spacial score (nSPS) is 14.1. The van der Waals surface area contributed by atoms with E-state index >= 15 is 0 Å². The van der Waals surface area contributed by atoms with Crippen molar-refractivity contribution in [2.45, 2.75) is 65.4 Å². The molecule has 0 atom stereocenters. The molecule has 0 unspecified atom stereocenters. The Morgan fingerprint density at radius 3 is 2.44 bits per heavy atom. The van der Waals surface area contributed by atoms with Gasteiger partial charge in [0.05, 0.1) is 12.2 Å². The molecule has 32 heavy (non-hydrogen) atoms. The van der Waals surface area contributed by atoms with E-state index in [9.17, 15) is 14.4 Å². The van der Waals surface area contributed by atoms with Crippen LogP contribution in [0.25, 0.3) is 0 Å². The van der Waals surface area contributed by atoms with Gasteiger partial charge in [0.1, 0.15) is 16.5 Å². The first-order valence-electron chi connectivity index (χ1n) is 11.3. The summed E-state index contributed by atoms with van der Waals surface area (Å²) in [6, 6.07) is 9.38. The Morgan fingerprint density at radius 1 is 1.03 bits per heavy atom. The molecule has 0 saturated heterocycles. The molecule has 172 valence electrons. The molecule has 6 nitrogen and oxygen atoms in total. The van der Waals surface area contributed by atoms with E-state index in [0.717, 1.165) is 23.3 Å². The van der Waals surface area contributed by atoms with Gasteiger partial charge >= 0.3 is 11.9 Å². The number of nitrogens with one attached hydrogen (secondary N) is 1. The number of anilines is 1. The maximum atomic E-state index is 12.7. The average Bonchev–Trinajstić information content (AvgIpc) is 3.13. The molecule has 3 rings (SSSR count). The summed E-state index contributed by atoms with van der Waals surface area (Å²) < 4.78 is 10.6. The smallest absolute Gasteiger partial charge is 0.349 e. The summed E-state index contributed by atoms with van der Waals surface area (Å²) in [5.41, 5.74) is 1.57. The van der Waals surface area contributed by atoms with E-state index in [0.29, 0.717) is 27.8 Å². The molecule has 1 N–H and O–H groups in total. The second-order valence-corrected chi connectivity index (χ2v) is 9.15. The zero-order valence-corrected chi connectivity index (χ0v) is 19.6. The lowest BCUT2D eigenvalue weighted by Gasteiger charge is -2.20. The largest absolute Gasteiger partial charge is 0.462 e. The molecule has 2 aromatic rings. The fourth-order valence-electron chi connectivity index (χ4n) is 4.03. The Hall–Kier alpha value is -2.67. The zero-order valence-electron chi connectivity index (χ0n) is 18.8. The van der Waals surface area contributed by atoms with Crippen molar-refractivity contribution in [1.82, 2.24) is 0 Å². The molecule has 1 saturated carbocycles. The molecule has 1 aliphatic rings. The maximum absolute atomic E-state index is 12.7. The lowest BCUT2D eigenvalue weighted by molar-refractivity contribution is -0.116. The molecule has 1 aromatic heterocycles. The molecular formula is C25H31NO5S. The van der Waals surface area contributed by atoms with Crippen molar-refractivity contribution < 1.29 is 23.9 Å². The molecule has 1 amide bonds. The van der Waals surface area contributed by atoms with Crippen LogP contribution in [0.4, 0.5) is 5.00 Å². The number of carbonyl (C=O) groups is 3. The molecule has 0 aliphatic heterocycles. The van der Waals surface area contributed by atoms with Gasteiger partial charge < -0.3 is 14.8 Å². The molecule has 0 bridgehead atoms. The van der Waals surface area contributed by atoms with E-state index in [1.165, 1.54) is 32.1 Å². The second kappa shape index (κ2) is 11.8. The number of amides is 1. The topological polar surface area (TPSA) is 81.7 Å². The van der Waals surface area contributed by atoms with Crippen LogP contribution in [0.5, 0.6) is 0 Å². The maximum Gasteiger partial charge on any atom is 0.349 e. The predicted octanol–water partition coefficient (Wildman–Crippen LogP) is 5.89. The number of rotatable bonds is 9. The second-order valence-electron chi connectivity index (χ2n) is 8.13. The lowest BCUT2D eigenvalue weighted by atomic mass is 9.86. The van der Waals surface area contributed by atoms with Gasteiger partial charge in [-0.15, -0.1) is 11.3 Å². The van der Waals surface area contributed by atoms with Crippen LogP contribution >= 0.6 is 11.3 Å². The van der Waals surface area contributed by atoms with Gasteiger partial charge in [-0.25, -0.2) is 9.59 Å². The van der Waals surface area contributed by atoms with Gasteiger partial charge in [-0.1, -0.05) is 62.4 Å². The molecule has 1 fully saturated rings. The van der Waals surface area contributed by atoms with Crippen LogP contribution in [0.15, 0.2) is 30.3 Å². The van der Waals surface area contributed by atoms with E-state index in [1.54, 1.807) is 13.8 Å². The van der Waals surface area contributed by atoms with E-state index in [1.807, 2.05) is 30.3 Å². The minimum Gasteiger partial charge on any atom is -0.462 e. The van der Waals surface area contributed by atoms with Crippen molar-refractivity contribution in [3.05, 3.63) is 51.9 Å². The van der Waals surface area contributed by atoms with Crippen molar-refractivity contribution in [2.75, 3.05) is 11.9 Å². The summed E-state index contributed by atoms with van der Waals surface area (Å²) in [6.07, 6.45) is 7.35. The molecule has 1 aromatic carbocycles. The van der Waals surface area contributed by atoms with Crippen molar-refractivity contribution in [3.8, 4) is 0 Å². The summed E-state index contributed by atoms with van der Waals surface area (Å²) in [5.74, 6) is -0.630. The summed E-state index contributed by atoms with van der Waals surface area (Å²) in [7, 11) is 0. The average molecular weight is 458 g/mol. The molecule has 1 heterocycles. The van der Waals surface area contributed by atoms with Crippen LogP contribution in [-0.2, 0) is 20.9 Å². The van der Waals surface area contributed by atoms with Crippen LogP contribution < -0.4 is 5.32 Å². The highest BCUT2D eigenvalue weighted by Gasteiger charge is 2.27. The highest BCUT2D eigenvalue weighted by Crippen LogP contribution is 2.35. The van der Waals surface area contributed by atoms with Gasteiger partial charge in [0.15, 0.2) is 0 Å². The third-order valence-electron chi connectivity index (χ3n) is 5.78. The summed E-state index contributed by atoms with van der Waals surface area (Å²) >= 11 is 1.07. The standard InChI is InChI=1S/C25H31NO5S/c1-3-30-24(28)21-17(2)22(25(29)31-16-19-12-8-5-9-13-19)32-23(21)26-20(27)15-14-18-10-6-4-7-11-18/h5,8-9,12-13,18H,3-4,6-7,10-11,14-16H2,1-2H3,(H,26,27). The number of ether oxygens (including phenoxy) is 2. The third-order valence-corrected chi connectivity index (χ3v) is 6.97. The molecule has 0 spiro atoms. The quantitative estimate of drug-likeness (QED) is 0.475. The highest BCUT2D eigenvalue weighted by molar-refractivity contribution is 7.18. The first kappa shape index (κ1) is 24.0. The first-order valence-corrected chi connectivity index (χ1v) is 12.1.